The summed E-state index contributed by atoms with van der Waals surface area (Å²) in [5, 5.41) is 6.80. The number of aromatic nitrogens is 2. The van der Waals surface area contributed by atoms with E-state index in [0.717, 1.165) is 31.4 Å². The lowest BCUT2D eigenvalue weighted by Gasteiger charge is -2.25. The molecule has 0 radical (unpaired) electrons. The van der Waals surface area contributed by atoms with E-state index in [2.05, 4.69) is 10.4 Å². The molecule has 9 heteroatoms. The van der Waals surface area contributed by atoms with Crippen LogP contribution in [0.2, 0.25) is 0 Å². The minimum Gasteiger partial charge on any atom is -0.328 e. The highest BCUT2D eigenvalue weighted by Gasteiger charge is 2.30. The van der Waals surface area contributed by atoms with Crippen molar-refractivity contribution in [1.29, 1.82) is 0 Å². The van der Waals surface area contributed by atoms with Gasteiger partial charge < -0.3 is 11.1 Å². The van der Waals surface area contributed by atoms with Crippen LogP contribution in [0.4, 0.5) is 18.9 Å². The number of alkyl halides is 3. The van der Waals surface area contributed by atoms with Crippen LogP contribution in [0.3, 0.4) is 0 Å². The summed E-state index contributed by atoms with van der Waals surface area (Å²) in [5.74, 6) is -0.264. The molecule has 3 N–H and O–H groups in total. The summed E-state index contributed by atoms with van der Waals surface area (Å²) >= 11 is 0. The fourth-order valence-corrected chi connectivity index (χ4v) is 3.06. The molecule has 1 aromatic heterocycles. The van der Waals surface area contributed by atoms with Crippen molar-refractivity contribution in [3.8, 4) is 5.69 Å². The van der Waals surface area contributed by atoms with Crippen molar-refractivity contribution < 1.29 is 18.0 Å². The van der Waals surface area contributed by atoms with Crippen LogP contribution in [-0.2, 0) is 11.0 Å². The second-order valence-corrected chi connectivity index (χ2v) is 6.33. The Balaban J connectivity index is 0.00000243. The van der Waals surface area contributed by atoms with Crippen LogP contribution < -0.4 is 11.1 Å². The summed E-state index contributed by atoms with van der Waals surface area (Å²) in [6.45, 7) is 0. The molecule has 0 spiro atoms. The van der Waals surface area contributed by atoms with Gasteiger partial charge >= 0.3 is 6.18 Å². The number of anilines is 1. The van der Waals surface area contributed by atoms with Crippen LogP contribution in [0.15, 0.2) is 36.7 Å². The highest BCUT2D eigenvalue weighted by Crippen LogP contribution is 2.30. The van der Waals surface area contributed by atoms with Crippen LogP contribution in [0.25, 0.3) is 5.69 Å². The van der Waals surface area contributed by atoms with Gasteiger partial charge in [0.1, 0.15) is 0 Å². The molecule has 1 aliphatic carbocycles. The number of carbonyl (C=O) groups is 1. The van der Waals surface area contributed by atoms with Crippen molar-refractivity contribution in [2.45, 2.75) is 37.9 Å². The van der Waals surface area contributed by atoms with Crippen LogP contribution in [0.1, 0.15) is 31.2 Å². The van der Waals surface area contributed by atoms with Crippen molar-refractivity contribution in [2.24, 2.45) is 11.7 Å². The second kappa shape index (κ2) is 8.09. The Morgan fingerprint density at radius 2 is 2.08 bits per heavy atom. The maximum Gasteiger partial charge on any atom is 0.416 e. The van der Waals surface area contributed by atoms with Gasteiger partial charge in [-0.2, -0.15) is 18.3 Å². The molecule has 1 saturated carbocycles. The van der Waals surface area contributed by atoms with E-state index in [-0.39, 0.29) is 36.0 Å². The summed E-state index contributed by atoms with van der Waals surface area (Å²) in [4.78, 5) is 12.3. The molecule has 1 fully saturated rings. The molecule has 3 rings (SSSR count). The van der Waals surface area contributed by atoms with Gasteiger partial charge in [0, 0.05) is 12.0 Å². The predicted molar refractivity (Wildman–Crippen MR) is 94.4 cm³/mol. The topological polar surface area (TPSA) is 72.9 Å². The highest BCUT2D eigenvalue weighted by atomic mass is 35.5. The Morgan fingerprint density at radius 1 is 1.31 bits per heavy atom. The third kappa shape index (κ3) is 4.76. The predicted octanol–water partition coefficient (Wildman–Crippen LogP) is 3.77. The molecule has 2 atom stereocenters. The molecule has 1 amide bonds. The Labute approximate surface area is 155 Å². The number of rotatable bonds is 3. The Morgan fingerprint density at radius 3 is 2.77 bits per heavy atom. The first-order valence-corrected chi connectivity index (χ1v) is 8.11. The zero-order valence-electron chi connectivity index (χ0n) is 13.9. The molecular formula is C17H20ClF3N4O. The summed E-state index contributed by atoms with van der Waals surface area (Å²) in [6.07, 6.45) is 1.78. The van der Waals surface area contributed by atoms with Crippen molar-refractivity contribution in [2.75, 3.05) is 5.32 Å². The third-order valence-electron chi connectivity index (χ3n) is 4.37. The number of hydrogen-bond acceptors (Lipinski definition) is 3. The van der Waals surface area contributed by atoms with Crippen molar-refractivity contribution >= 4 is 24.0 Å². The maximum atomic E-state index is 12.8. The fourth-order valence-electron chi connectivity index (χ4n) is 3.06. The maximum absolute atomic E-state index is 12.8. The van der Waals surface area contributed by atoms with E-state index in [1.165, 1.54) is 29.2 Å². The van der Waals surface area contributed by atoms with Crippen LogP contribution in [0, 0.1) is 5.92 Å². The minimum absolute atomic E-state index is 0. The van der Waals surface area contributed by atoms with Crippen LogP contribution in [-0.4, -0.2) is 21.7 Å². The molecule has 1 aliphatic rings. The van der Waals surface area contributed by atoms with E-state index in [4.69, 9.17) is 5.73 Å². The standard InChI is InChI=1S/C17H19F3N4O.ClH/c18-17(19,20)12-4-2-6-15(8-12)24-10-14(9-22-24)23-16(25)11-3-1-5-13(21)7-11;/h2,4,6,8-11,13H,1,3,5,7,21H2,(H,23,25);1H. The zero-order valence-corrected chi connectivity index (χ0v) is 14.7. The number of amides is 1. The van der Waals surface area contributed by atoms with Gasteiger partial charge in [-0.3, -0.25) is 4.79 Å². The number of hydrogen-bond donors (Lipinski definition) is 2. The molecule has 2 unspecified atom stereocenters. The summed E-state index contributed by atoms with van der Waals surface area (Å²) in [7, 11) is 0. The first kappa shape index (κ1) is 20.3. The quantitative estimate of drug-likeness (QED) is 0.840. The van der Waals surface area contributed by atoms with Gasteiger partial charge in [-0.15, -0.1) is 12.4 Å². The Kier molecular flexibility index (Phi) is 6.30. The van der Waals surface area contributed by atoms with Crippen molar-refractivity contribution in [1.82, 2.24) is 9.78 Å². The van der Waals surface area contributed by atoms with Gasteiger partial charge in [-0.25, -0.2) is 4.68 Å². The lowest BCUT2D eigenvalue weighted by Crippen LogP contribution is -2.34. The fraction of sp³-hybridized carbons (Fsp3) is 0.412. The van der Waals surface area contributed by atoms with Crippen LogP contribution in [0.5, 0.6) is 0 Å². The van der Waals surface area contributed by atoms with Gasteiger partial charge in [-0.05, 0) is 37.5 Å². The second-order valence-electron chi connectivity index (χ2n) is 6.33. The smallest absolute Gasteiger partial charge is 0.328 e. The van der Waals surface area contributed by atoms with E-state index in [1.807, 2.05) is 0 Å². The largest absolute Gasteiger partial charge is 0.416 e. The van der Waals surface area contributed by atoms with Gasteiger partial charge in [0.15, 0.2) is 0 Å². The molecule has 0 bridgehead atoms. The summed E-state index contributed by atoms with van der Waals surface area (Å²) < 4.78 is 39.7. The summed E-state index contributed by atoms with van der Waals surface area (Å²) in [6, 6.07) is 4.90. The molecule has 0 saturated heterocycles. The molecule has 142 valence electrons. The number of nitrogens with one attached hydrogen (secondary N) is 1. The Hall–Kier alpha value is -2.06. The van der Waals surface area contributed by atoms with E-state index in [9.17, 15) is 18.0 Å². The lowest BCUT2D eigenvalue weighted by molar-refractivity contribution is -0.137. The molecule has 1 aromatic carbocycles. The molecule has 0 aliphatic heterocycles. The first-order valence-electron chi connectivity index (χ1n) is 8.11. The minimum atomic E-state index is -4.42. The lowest BCUT2D eigenvalue weighted by atomic mass is 9.85. The van der Waals surface area contributed by atoms with Gasteiger partial charge in [-0.1, -0.05) is 12.5 Å². The molecule has 5 nitrogen and oxygen atoms in total. The zero-order chi connectivity index (χ0) is 18.0. The highest BCUT2D eigenvalue weighted by molar-refractivity contribution is 5.92. The average molecular weight is 389 g/mol. The summed E-state index contributed by atoms with van der Waals surface area (Å²) in [5.41, 5.74) is 5.87. The van der Waals surface area contributed by atoms with Crippen molar-refractivity contribution in [3.05, 3.63) is 42.2 Å². The van der Waals surface area contributed by atoms with E-state index < -0.39 is 11.7 Å². The molecule has 26 heavy (non-hydrogen) atoms. The molecule has 2 aromatic rings. The third-order valence-corrected chi connectivity index (χ3v) is 4.37. The number of nitrogens with zero attached hydrogens (tertiary/aromatic N) is 2. The Bertz CT molecular complexity index is 762. The first-order chi connectivity index (χ1) is 11.8. The molecule has 1 heterocycles. The average Bonchev–Trinajstić information content (AvgIpc) is 3.03. The molecular weight excluding hydrogens is 369 g/mol. The monoisotopic (exact) mass is 388 g/mol. The van der Waals surface area contributed by atoms with E-state index in [0.29, 0.717) is 12.1 Å². The SMILES string of the molecule is Cl.NC1CCCC(C(=O)Nc2cnn(-c3cccc(C(F)(F)F)c3)c2)C1. The number of halogens is 4. The van der Waals surface area contributed by atoms with E-state index >= 15 is 0 Å². The number of benzene rings is 1. The van der Waals surface area contributed by atoms with Gasteiger partial charge in [0.25, 0.3) is 0 Å². The van der Waals surface area contributed by atoms with Crippen molar-refractivity contribution in [3.63, 3.8) is 0 Å². The normalized spacial score (nSPS) is 20.3. The van der Waals surface area contributed by atoms with Gasteiger partial charge in [0.05, 0.1) is 29.3 Å². The number of carbonyl (C=O) groups excluding carboxylic acids is 1. The van der Waals surface area contributed by atoms with Crippen LogP contribution >= 0.6 is 12.4 Å². The van der Waals surface area contributed by atoms with Gasteiger partial charge in [0.2, 0.25) is 5.91 Å². The number of nitrogens with two attached hydrogens (primary N) is 1. The van der Waals surface area contributed by atoms with E-state index in [1.54, 1.807) is 0 Å².